The third-order valence-electron chi connectivity index (χ3n) is 5.45. The lowest BCUT2D eigenvalue weighted by Gasteiger charge is -2.25. The van der Waals surface area contributed by atoms with E-state index in [1.54, 1.807) is 17.0 Å². The second kappa shape index (κ2) is 9.75. The summed E-state index contributed by atoms with van der Waals surface area (Å²) in [6, 6.07) is 23.9. The number of nitro benzene ring substituents is 1. The van der Waals surface area contributed by atoms with Crippen molar-refractivity contribution in [1.82, 2.24) is 4.98 Å². The van der Waals surface area contributed by atoms with Crippen molar-refractivity contribution in [2.45, 2.75) is 26.2 Å². The Morgan fingerprint density at radius 3 is 2.42 bits per heavy atom. The van der Waals surface area contributed by atoms with Crippen LogP contribution in [0, 0.1) is 17.0 Å². The number of hydrogen-bond acceptors (Lipinski definition) is 5. The van der Waals surface area contributed by atoms with E-state index in [-0.39, 0.29) is 17.5 Å². The van der Waals surface area contributed by atoms with Gasteiger partial charge in [0, 0.05) is 23.1 Å². The Kier molecular flexibility index (Phi) is 6.60. The average molecular weight is 458 g/mol. The van der Waals surface area contributed by atoms with E-state index in [4.69, 9.17) is 4.98 Å². The number of rotatable bonds is 7. The Morgan fingerprint density at radius 1 is 1.06 bits per heavy atom. The van der Waals surface area contributed by atoms with E-state index in [9.17, 15) is 14.9 Å². The topological polar surface area (TPSA) is 76.3 Å². The molecule has 0 radical (unpaired) electrons. The first-order valence-electron chi connectivity index (χ1n) is 10.6. The highest BCUT2D eigenvalue weighted by molar-refractivity contribution is 7.14. The zero-order valence-corrected chi connectivity index (χ0v) is 19.2. The lowest BCUT2D eigenvalue weighted by molar-refractivity contribution is -0.384. The first-order valence-corrected chi connectivity index (χ1v) is 11.5. The van der Waals surface area contributed by atoms with Crippen LogP contribution >= 0.6 is 11.3 Å². The van der Waals surface area contributed by atoms with Gasteiger partial charge in [-0.3, -0.25) is 19.8 Å². The van der Waals surface area contributed by atoms with Crippen LogP contribution in [0.4, 0.5) is 16.5 Å². The number of carbonyl (C=O) groups excluding carboxylic acids is 1. The van der Waals surface area contributed by atoms with Crippen molar-refractivity contribution < 1.29 is 9.72 Å². The van der Waals surface area contributed by atoms with Gasteiger partial charge in [0.2, 0.25) is 5.91 Å². The quantitative estimate of drug-likeness (QED) is 0.224. The molecular formula is C26H23N3O3S. The minimum Gasteiger partial charge on any atom is -0.273 e. The molecule has 33 heavy (non-hydrogen) atoms. The van der Waals surface area contributed by atoms with Crippen LogP contribution in [0.5, 0.6) is 0 Å². The second-order valence-electron chi connectivity index (χ2n) is 7.70. The molecular weight excluding hydrogens is 434 g/mol. The van der Waals surface area contributed by atoms with Gasteiger partial charge in [-0.1, -0.05) is 49.4 Å². The number of thiazole rings is 1. The van der Waals surface area contributed by atoms with Gasteiger partial charge >= 0.3 is 0 Å². The molecule has 1 atom stereocenters. The van der Waals surface area contributed by atoms with Gasteiger partial charge in [-0.15, -0.1) is 11.3 Å². The SMILES string of the molecule is CC[C@H](C(=O)N(c1cccc(C)c1)c1nc(-c2ccc([N+](=O)[O-])cc2)cs1)c1ccccc1. The first-order chi connectivity index (χ1) is 16.0. The monoisotopic (exact) mass is 457 g/mol. The maximum Gasteiger partial charge on any atom is 0.269 e. The molecule has 0 aliphatic heterocycles. The lowest BCUT2D eigenvalue weighted by Crippen LogP contribution is -2.31. The molecule has 0 saturated heterocycles. The summed E-state index contributed by atoms with van der Waals surface area (Å²) in [5.41, 5.74) is 4.23. The van der Waals surface area contributed by atoms with Gasteiger partial charge in [0.05, 0.1) is 22.2 Å². The number of benzene rings is 3. The van der Waals surface area contributed by atoms with Gasteiger partial charge in [-0.2, -0.15) is 0 Å². The van der Waals surface area contributed by atoms with Crippen LogP contribution in [0.1, 0.15) is 30.4 Å². The van der Waals surface area contributed by atoms with Crippen LogP contribution < -0.4 is 4.90 Å². The fourth-order valence-corrected chi connectivity index (χ4v) is 4.60. The van der Waals surface area contributed by atoms with Gasteiger partial charge in [-0.05, 0) is 48.7 Å². The molecule has 0 unspecified atom stereocenters. The van der Waals surface area contributed by atoms with E-state index >= 15 is 0 Å². The predicted molar refractivity (Wildman–Crippen MR) is 132 cm³/mol. The zero-order valence-electron chi connectivity index (χ0n) is 18.3. The smallest absolute Gasteiger partial charge is 0.269 e. The third kappa shape index (κ3) is 4.83. The van der Waals surface area contributed by atoms with Crippen molar-refractivity contribution in [3.8, 4) is 11.3 Å². The summed E-state index contributed by atoms with van der Waals surface area (Å²) >= 11 is 1.38. The van der Waals surface area contributed by atoms with E-state index in [0.29, 0.717) is 17.2 Å². The molecule has 0 bridgehead atoms. The number of nitro groups is 1. The van der Waals surface area contributed by atoms with Crippen LogP contribution in [0.15, 0.2) is 84.2 Å². The summed E-state index contributed by atoms with van der Waals surface area (Å²) < 4.78 is 0. The summed E-state index contributed by atoms with van der Waals surface area (Å²) in [7, 11) is 0. The Hall–Kier alpha value is -3.84. The summed E-state index contributed by atoms with van der Waals surface area (Å²) in [4.78, 5) is 30.8. The molecule has 1 aromatic heterocycles. The molecule has 7 heteroatoms. The maximum atomic E-state index is 13.9. The number of non-ortho nitro benzene ring substituents is 1. The molecule has 6 nitrogen and oxygen atoms in total. The molecule has 0 aliphatic carbocycles. The molecule has 0 fully saturated rings. The predicted octanol–water partition coefficient (Wildman–Crippen LogP) is 6.89. The lowest BCUT2D eigenvalue weighted by atomic mass is 9.95. The number of aromatic nitrogens is 1. The number of amides is 1. The fourth-order valence-electron chi connectivity index (χ4n) is 3.75. The third-order valence-corrected chi connectivity index (χ3v) is 6.27. The van der Waals surface area contributed by atoms with Crippen LogP contribution in [-0.2, 0) is 4.79 Å². The number of anilines is 2. The van der Waals surface area contributed by atoms with Crippen molar-refractivity contribution in [1.29, 1.82) is 0 Å². The van der Waals surface area contributed by atoms with E-state index in [2.05, 4.69) is 0 Å². The Bertz CT molecular complexity index is 1270. The molecule has 4 aromatic rings. The van der Waals surface area contributed by atoms with Gasteiger partial charge in [0.25, 0.3) is 5.69 Å². The van der Waals surface area contributed by atoms with Crippen molar-refractivity contribution in [2.24, 2.45) is 0 Å². The maximum absolute atomic E-state index is 13.9. The Morgan fingerprint density at radius 2 is 1.79 bits per heavy atom. The highest BCUT2D eigenvalue weighted by Gasteiger charge is 2.29. The molecule has 1 amide bonds. The van der Waals surface area contributed by atoms with Crippen LogP contribution in [-0.4, -0.2) is 15.8 Å². The minimum atomic E-state index is -0.428. The average Bonchev–Trinajstić information content (AvgIpc) is 3.30. The van der Waals surface area contributed by atoms with Crippen molar-refractivity contribution in [2.75, 3.05) is 4.90 Å². The minimum absolute atomic E-state index is 0.0272. The number of aryl methyl sites for hydroxylation is 1. The summed E-state index contributed by atoms with van der Waals surface area (Å²) in [5.74, 6) is -0.350. The Balaban J connectivity index is 1.75. The molecule has 0 N–H and O–H groups in total. The molecule has 0 aliphatic rings. The van der Waals surface area contributed by atoms with E-state index in [1.807, 2.05) is 73.8 Å². The van der Waals surface area contributed by atoms with E-state index < -0.39 is 4.92 Å². The van der Waals surface area contributed by atoms with Crippen molar-refractivity contribution in [3.05, 3.63) is 105 Å². The van der Waals surface area contributed by atoms with E-state index in [1.165, 1.54) is 23.5 Å². The summed E-state index contributed by atoms with van der Waals surface area (Å²) in [6.45, 7) is 4.00. The zero-order chi connectivity index (χ0) is 23.4. The summed E-state index contributed by atoms with van der Waals surface area (Å²) in [5, 5.41) is 13.4. The molecule has 3 aromatic carbocycles. The normalized spacial score (nSPS) is 11.7. The number of nitrogens with zero attached hydrogens (tertiary/aromatic N) is 3. The van der Waals surface area contributed by atoms with Crippen LogP contribution in [0.25, 0.3) is 11.3 Å². The highest BCUT2D eigenvalue weighted by Crippen LogP contribution is 2.36. The fraction of sp³-hybridized carbons (Fsp3) is 0.154. The Labute approximate surface area is 196 Å². The van der Waals surface area contributed by atoms with Crippen molar-refractivity contribution in [3.63, 3.8) is 0 Å². The van der Waals surface area contributed by atoms with Crippen LogP contribution in [0.3, 0.4) is 0 Å². The highest BCUT2D eigenvalue weighted by atomic mass is 32.1. The van der Waals surface area contributed by atoms with Crippen molar-refractivity contribution >= 4 is 33.8 Å². The molecule has 0 spiro atoms. The number of hydrogen-bond donors (Lipinski definition) is 0. The van der Waals surface area contributed by atoms with Gasteiger partial charge in [-0.25, -0.2) is 4.98 Å². The number of carbonyl (C=O) groups is 1. The molecule has 166 valence electrons. The van der Waals surface area contributed by atoms with Crippen LogP contribution in [0.2, 0.25) is 0 Å². The first kappa shape index (κ1) is 22.4. The van der Waals surface area contributed by atoms with Gasteiger partial charge in [0.1, 0.15) is 0 Å². The largest absolute Gasteiger partial charge is 0.273 e. The molecule has 4 rings (SSSR count). The second-order valence-corrected chi connectivity index (χ2v) is 8.54. The molecule has 1 heterocycles. The van der Waals surface area contributed by atoms with E-state index in [0.717, 1.165) is 22.4 Å². The van der Waals surface area contributed by atoms with Gasteiger partial charge in [0.15, 0.2) is 5.13 Å². The standard InChI is InChI=1S/C26H23N3O3S/c1-3-23(19-9-5-4-6-10-19)25(30)28(22-11-7-8-18(2)16-22)26-27-24(17-33-26)20-12-14-21(15-13-20)29(31)32/h4-17,23H,3H2,1-2H3/t23-/m0/s1. The molecule has 0 saturated carbocycles. The summed E-state index contributed by atoms with van der Waals surface area (Å²) in [6.07, 6.45) is 0.658. The van der Waals surface area contributed by atoms with Gasteiger partial charge < -0.3 is 0 Å².